The highest BCUT2D eigenvalue weighted by Gasteiger charge is 2.15. The first-order chi connectivity index (χ1) is 10.7. The fourth-order valence-electron chi connectivity index (χ4n) is 2.21. The maximum Gasteiger partial charge on any atom is 0.172 e. The third-order valence-electron chi connectivity index (χ3n) is 3.35. The third kappa shape index (κ3) is 3.93. The van der Waals surface area contributed by atoms with E-state index in [-0.39, 0.29) is 0 Å². The second-order valence-corrected chi connectivity index (χ2v) is 5.74. The molecule has 0 unspecified atom stereocenters. The van der Waals surface area contributed by atoms with Gasteiger partial charge < -0.3 is 4.74 Å². The quantitative estimate of drug-likeness (QED) is 0.553. The zero-order valence-electron chi connectivity index (χ0n) is 13.5. The van der Waals surface area contributed by atoms with E-state index in [0.717, 1.165) is 49.3 Å². The van der Waals surface area contributed by atoms with Gasteiger partial charge in [0, 0.05) is 0 Å². The Balaban J connectivity index is 2.20. The van der Waals surface area contributed by atoms with Crippen LogP contribution in [0.25, 0.3) is 5.69 Å². The molecule has 2 aromatic rings. The van der Waals surface area contributed by atoms with Gasteiger partial charge in [0.25, 0.3) is 0 Å². The first-order valence-corrected chi connectivity index (χ1v) is 7.78. The van der Waals surface area contributed by atoms with Gasteiger partial charge in [-0.3, -0.25) is 4.79 Å². The normalized spacial score (nSPS) is 10.9. The number of aldehydes is 1. The zero-order chi connectivity index (χ0) is 15.9. The number of nitrogens with zero attached hydrogens (tertiary/aromatic N) is 3. The summed E-state index contributed by atoms with van der Waals surface area (Å²) in [5.41, 5.74) is 2.15. The van der Waals surface area contributed by atoms with Crippen LogP contribution in [0.2, 0.25) is 0 Å². The second-order valence-electron chi connectivity index (χ2n) is 5.74. The van der Waals surface area contributed by atoms with Gasteiger partial charge in [0.1, 0.15) is 11.4 Å². The van der Waals surface area contributed by atoms with Crippen LogP contribution in [0.5, 0.6) is 5.75 Å². The van der Waals surface area contributed by atoms with Gasteiger partial charge in [-0.05, 0) is 43.0 Å². The number of hydrogen-bond donors (Lipinski definition) is 0. The summed E-state index contributed by atoms with van der Waals surface area (Å²) in [7, 11) is 0. The first-order valence-electron chi connectivity index (χ1n) is 7.78. The molecule has 0 saturated carbocycles. The molecule has 0 aliphatic carbocycles. The minimum atomic E-state index is 0.414. The van der Waals surface area contributed by atoms with Crippen LogP contribution < -0.4 is 4.74 Å². The number of benzene rings is 1. The highest BCUT2D eigenvalue weighted by Crippen LogP contribution is 2.19. The predicted molar refractivity (Wildman–Crippen MR) is 85.7 cm³/mol. The maximum absolute atomic E-state index is 11.1. The number of rotatable bonds is 8. The molecule has 2 rings (SSSR count). The van der Waals surface area contributed by atoms with Crippen molar-refractivity contribution in [1.82, 2.24) is 15.0 Å². The number of aromatic nitrogens is 3. The van der Waals surface area contributed by atoms with E-state index in [1.807, 2.05) is 24.3 Å². The molecule has 0 N–H and O–H groups in total. The van der Waals surface area contributed by atoms with Gasteiger partial charge in [-0.15, -0.1) is 5.10 Å². The Morgan fingerprint density at radius 3 is 2.59 bits per heavy atom. The van der Waals surface area contributed by atoms with Gasteiger partial charge in [0.05, 0.1) is 18.0 Å². The summed E-state index contributed by atoms with van der Waals surface area (Å²) in [5.74, 6) is 1.27. The molecule has 22 heavy (non-hydrogen) atoms. The van der Waals surface area contributed by atoms with Crippen molar-refractivity contribution < 1.29 is 9.53 Å². The lowest BCUT2D eigenvalue weighted by Gasteiger charge is -2.10. The van der Waals surface area contributed by atoms with E-state index >= 15 is 0 Å². The van der Waals surface area contributed by atoms with E-state index in [1.54, 1.807) is 4.68 Å². The summed E-state index contributed by atoms with van der Waals surface area (Å²) in [6, 6.07) is 7.72. The zero-order valence-corrected chi connectivity index (χ0v) is 13.5. The lowest BCUT2D eigenvalue weighted by molar-refractivity contribution is 0.111. The van der Waals surface area contributed by atoms with Gasteiger partial charge in [-0.2, -0.15) is 0 Å². The molecule has 1 aromatic heterocycles. The number of ether oxygens (including phenoxy) is 1. The summed E-state index contributed by atoms with van der Waals surface area (Å²) < 4.78 is 7.39. The minimum Gasteiger partial charge on any atom is -0.494 e. The van der Waals surface area contributed by atoms with E-state index in [4.69, 9.17) is 4.74 Å². The summed E-state index contributed by atoms with van der Waals surface area (Å²) in [5, 5.41) is 8.07. The van der Waals surface area contributed by atoms with Crippen LogP contribution >= 0.6 is 0 Å². The molecule has 1 aromatic carbocycles. The van der Waals surface area contributed by atoms with Gasteiger partial charge in [-0.1, -0.05) is 32.4 Å². The van der Waals surface area contributed by atoms with Crippen LogP contribution in [0.15, 0.2) is 24.3 Å². The monoisotopic (exact) mass is 301 g/mol. The van der Waals surface area contributed by atoms with Crippen molar-refractivity contribution in [2.24, 2.45) is 5.92 Å². The summed E-state index contributed by atoms with van der Waals surface area (Å²) >= 11 is 0. The second kappa shape index (κ2) is 7.73. The standard InChI is InChI=1S/C17H23N3O2/c1-4-5-10-22-15-8-6-14(7-9-15)20-17(11-13(2)3)16(12-21)18-19-20/h6-9,12-13H,4-5,10-11H2,1-3H3. The molecular formula is C17H23N3O2. The molecule has 0 amide bonds. The number of hydrogen-bond acceptors (Lipinski definition) is 4. The molecule has 5 nitrogen and oxygen atoms in total. The lowest BCUT2D eigenvalue weighted by Crippen LogP contribution is -2.07. The minimum absolute atomic E-state index is 0.414. The Hall–Kier alpha value is -2.17. The Labute approximate surface area is 131 Å². The molecular weight excluding hydrogens is 278 g/mol. The number of carbonyl (C=O) groups excluding carboxylic acids is 1. The average molecular weight is 301 g/mol. The van der Waals surface area contributed by atoms with E-state index in [2.05, 4.69) is 31.1 Å². The van der Waals surface area contributed by atoms with E-state index in [1.165, 1.54) is 0 Å². The van der Waals surface area contributed by atoms with Crippen LogP contribution in [-0.2, 0) is 6.42 Å². The van der Waals surface area contributed by atoms with Gasteiger partial charge in [0.15, 0.2) is 6.29 Å². The molecule has 118 valence electrons. The van der Waals surface area contributed by atoms with Gasteiger partial charge in [0.2, 0.25) is 0 Å². The fraction of sp³-hybridized carbons (Fsp3) is 0.471. The van der Waals surface area contributed by atoms with Crippen LogP contribution in [0, 0.1) is 5.92 Å². The average Bonchev–Trinajstić information content (AvgIpc) is 2.90. The van der Waals surface area contributed by atoms with Crippen LogP contribution in [0.1, 0.15) is 49.8 Å². The molecule has 0 radical (unpaired) electrons. The van der Waals surface area contributed by atoms with E-state index in [9.17, 15) is 4.79 Å². The Morgan fingerprint density at radius 2 is 2.00 bits per heavy atom. The summed E-state index contributed by atoms with van der Waals surface area (Å²) in [4.78, 5) is 11.1. The number of carbonyl (C=O) groups is 1. The van der Waals surface area contributed by atoms with Crippen LogP contribution in [0.4, 0.5) is 0 Å². The Bertz CT molecular complexity index is 603. The van der Waals surface area contributed by atoms with Crippen LogP contribution in [0.3, 0.4) is 0 Å². The van der Waals surface area contributed by atoms with E-state index in [0.29, 0.717) is 11.6 Å². The Kier molecular flexibility index (Phi) is 5.69. The van der Waals surface area contributed by atoms with Crippen LogP contribution in [-0.4, -0.2) is 27.9 Å². The molecule has 0 aliphatic heterocycles. The molecule has 1 heterocycles. The van der Waals surface area contributed by atoms with Crippen molar-refractivity contribution in [3.05, 3.63) is 35.7 Å². The summed E-state index contributed by atoms with van der Waals surface area (Å²) in [6.07, 6.45) is 3.69. The van der Waals surface area contributed by atoms with Crippen molar-refractivity contribution in [2.45, 2.75) is 40.0 Å². The molecule has 0 fully saturated rings. The molecule has 0 bridgehead atoms. The number of unbranched alkanes of at least 4 members (excludes halogenated alkanes) is 1. The Morgan fingerprint density at radius 1 is 1.27 bits per heavy atom. The van der Waals surface area contributed by atoms with Crippen molar-refractivity contribution in [1.29, 1.82) is 0 Å². The highest BCUT2D eigenvalue weighted by molar-refractivity contribution is 5.73. The van der Waals surface area contributed by atoms with Crippen molar-refractivity contribution >= 4 is 6.29 Å². The van der Waals surface area contributed by atoms with Gasteiger partial charge in [-0.25, -0.2) is 4.68 Å². The van der Waals surface area contributed by atoms with E-state index < -0.39 is 0 Å². The topological polar surface area (TPSA) is 57.0 Å². The molecule has 5 heteroatoms. The highest BCUT2D eigenvalue weighted by atomic mass is 16.5. The summed E-state index contributed by atoms with van der Waals surface area (Å²) in [6.45, 7) is 7.08. The smallest absolute Gasteiger partial charge is 0.172 e. The molecule has 0 aliphatic rings. The predicted octanol–water partition coefficient (Wildman–Crippen LogP) is 3.46. The fourth-order valence-corrected chi connectivity index (χ4v) is 2.21. The van der Waals surface area contributed by atoms with Crippen molar-refractivity contribution in [3.63, 3.8) is 0 Å². The lowest BCUT2D eigenvalue weighted by atomic mass is 10.1. The van der Waals surface area contributed by atoms with Gasteiger partial charge >= 0.3 is 0 Å². The molecule has 0 spiro atoms. The SMILES string of the molecule is CCCCOc1ccc(-n2nnc(C=O)c2CC(C)C)cc1. The van der Waals surface area contributed by atoms with Crippen molar-refractivity contribution in [2.75, 3.05) is 6.61 Å². The van der Waals surface area contributed by atoms with Crippen molar-refractivity contribution in [3.8, 4) is 11.4 Å². The largest absolute Gasteiger partial charge is 0.494 e. The molecule has 0 atom stereocenters. The first kappa shape index (κ1) is 16.2. The third-order valence-corrected chi connectivity index (χ3v) is 3.35. The maximum atomic E-state index is 11.1. The molecule has 0 saturated heterocycles.